The summed E-state index contributed by atoms with van der Waals surface area (Å²) in [6.07, 6.45) is -3.06. The number of alkyl halides is 3. The summed E-state index contributed by atoms with van der Waals surface area (Å²) in [7, 11) is 0. The first-order valence-corrected chi connectivity index (χ1v) is 6.15. The highest BCUT2D eigenvalue weighted by molar-refractivity contribution is 5.73. The van der Waals surface area contributed by atoms with Gasteiger partial charge in [0, 0.05) is 6.54 Å². The van der Waals surface area contributed by atoms with Gasteiger partial charge in [-0.15, -0.1) is 0 Å². The van der Waals surface area contributed by atoms with E-state index < -0.39 is 23.5 Å². The average Bonchev–Trinajstić information content (AvgIpc) is 2.25. The summed E-state index contributed by atoms with van der Waals surface area (Å²) in [5, 5.41) is 8.95. The average molecular weight is 267 g/mol. The molecule has 1 saturated heterocycles. The Balaban J connectivity index is 2.47. The minimum Gasteiger partial charge on any atom is -0.481 e. The molecule has 0 aromatic rings. The number of carboxylic acids is 1. The standard InChI is InChI=1S/C12H20F3NO2/c1-11(2,10(17)18)5-7-16-6-3-4-9(8-16)12(13,14)15/h9H,3-8H2,1-2H3,(H,17,18). The summed E-state index contributed by atoms with van der Waals surface area (Å²) < 4.78 is 37.8. The molecule has 18 heavy (non-hydrogen) atoms. The Morgan fingerprint density at radius 1 is 1.39 bits per heavy atom. The molecule has 3 nitrogen and oxygen atoms in total. The molecule has 1 atom stereocenters. The summed E-state index contributed by atoms with van der Waals surface area (Å²) in [5.41, 5.74) is -0.884. The van der Waals surface area contributed by atoms with Gasteiger partial charge in [0.1, 0.15) is 0 Å². The van der Waals surface area contributed by atoms with E-state index in [1.54, 1.807) is 18.7 Å². The van der Waals surface area contributed by atoms with Crippen LogP contribution in [0.15, 0.2) is 0 Å². The number of carbonyl (C=O) groups is 1. The van der Waals surface area contributed by atoms with Crippen LogP contribution in [0.4, 0.5) is 13.2 Å². The molecule has 106 valence electrons. The summed E-state index contributed by atoms with van der Waals surface area (Å²) in [6, 6.07) is 0. The minimum atomic E-state index is -4.14. The molecule has 0 radical (unpaired) electrons. The minimum absolute atomic E-state index is 0.000795. The number of piperidine rings is 1. The van der Waals surface area contributed by atoms with Crippen molar-refractivity contribution < 1.29 is 23.1 Å². The van der Waals surface area contributed by atoms with E-state index in [9.17, 15) is 18.0 Å². The zero-order valence-corrected chi connectivity index (χ0v) is 10.8. The molecular weight excluding hydrogens is 247 g/mol. The van der Waals surface area contributed by atoms with Crippen LogP contribution >= 0.6 is 0 Å². The normalized spacial score (nSPS) is 23.1. The van der Waals surface area contributed by atoms with Crippen molar-refractivity contribution in [2.24, 2.45) is 11.3 Å². The summed E-state index contributed by atoms with van der Waals surface area (Å²) in [5.74, 6) is -2.17. The largest absolute Gasteiger partial charge is 0.481 e. The summed E-state index contributed by atoms with van der Waals surface area (Å²) >= 11 is 0. The van der Waals surface area contributed by atoms with Crippen LogP contribution in [0.5, 0.6) is 0 Å². The molecule has 0 aliphatic carbocycles. The number of hydrogen-bond acceptors (Lipinski definition) is 2. The molecule has 1 unspecified atom stereocenters. The van der Waals surface area contributed by atoms with Gasteiger partial charge in [0.25, 0.3) is 0 Å². The molecule has 0 bridgehead atoms. The SMILES string of the molecule is CC(C)(CCN1CCCC(C(F)(F)F)C1)C(=O)O. The van der Waals surface area contributed by atoms with Crippen LogP contribution in [0.2, 0.25) is 0 Å². The van der Waals surface area contributed by atoms with E-state index in [4.69, 9.17) is 5.11 Å². The second kappa shape index (κ2) is 5.47. The van der Waals surface area contributed by atoms with Crippen LogP contribution in [0.25, 0.3) is 0 Å². The van der Waals surface area contributed by atoms with E-state index in [2.05, 4.69) is 0 Å². The maximum absolute atomic E-state index is 12.6. The predicted molar refractivity (Wildman–Crippen MR) is 61.3 cm³/mol. The highest BCUT2D eigenvalue weighted by Gasteiger charge is 2.42. The molecule has 0 aromatic heterocycles. The predicted octanol–water partition coefficient (Wildman–Crippen LogP) is 2.76. The fourth-order valence-electron chi connectivity index (χ4n) is 2.07. The molecule has 0 amide bonds. The van der Waals surface area contributed by atoms with Gasteiger partial charge in [-0.3, -0.25) is 4.79 Å². The van der Waals surface area contributed by atoms with E-state index in [1.807, 2.05) is 0 Å². The fourth-order valence-corrected chi connectivity index (χ4v) is 2.07. The van der Waals surface area contributed by atoms with Gasteiger partial charge >= 0.3 is 12.1 Å². The molecule has 1 aliphatic rings. The third kappa shape index (κ3) is 4.15. The van der Waals surface area contributed by atoms with Crippen molar-refractivity contribution >= 4 is 5.97 Å². The Kier molecular flexibility index (Phi) is 4.64. The van der Waals surface area contributed by atoms with Crippen LogP contribution < -0.4 is 0 Å². The monoisotopic (exact) mass is 267 g/mol. The molecular formula is C12H20F3NO2. The second-order valence-corrected chi connectivity index (χ2v) is 5.62. The molecule has 1 heterocycles. The lowest BCUT2D eigenvalue weighted by Gasteiger charge is -2.35. The smallest absolute Gasteiger partial charge is 0.393 e. The Morgan fingerprint density at radius 2 is 2.00 bits per heavy atom. The highest BCUT2D eigenvalue weighted by Crippen LogP contribution is 2.33. The van der Waals surface area contributed by atoms with Crippen molar-refractivity contribution in [1.29, 1.82) is 0 Å². The van der Waals surface area contributed by atoms with Crippen LogP contribution in [0.1, 0.15) is 33.1 Å². The number of rotatable bonds is 4. The number of halogens is 3. The number of nitrogens with zero attached hydrogens (tertiary/aromatic N) is 1. The number of aliphatic carboxylic acids is 1. The van der Waals surface area contributed by atoms with Gasteiger partial charge < -0.3 is 10.0 Å². The van der Waals surface area contributed by atoms with Gasteiger partial charge in [-0.05, 0) is 46.2 Å². The Labute approximate surface area is 105 Å². The third-order valence-corrected chi connectivity index (χ3v) is 3.60. The van der Waals surface area contributed by atoms with E-state index >= 15 is 0 Å². The first kappa shape index (κ1) is 15.3. The Hall–Kier alpha value is -0.780. The van der Waals surface area contributed by atoms with Gasteiger partial charge in [-0.1, -0.05) is 0 Å². The number of hydrogen-bond donors (Lipinski definition) is 1. The molecule has 1 fully saturated rings. The van der Waals surface area contributed by atoms with Crippen LogP contribution in [-0.2, 0) is 4.79 Å². The molecule has 0 spiro atoms. The van der Waals surface area contributed by atoms with Gasteiger partial charge in [-0.2, -0.15) is 13.2 Å². The van der Waals surface area contributed by atoms with E-state index in [1.165, 1.54) is 0 Å². The van der Waals surface area contributed by atoms with Gasteiger partial charge in [0.05, 0.1) is 11.3 Å². The van der Waals surface area contributed by atoms with Gasteiger partial charge in [0.2, 0.25) is 0 Å². The van der Waals surface area contributed by atoms with Gasteiger partial charge in [0.15, 0.2) is 0 Å². The summed E-state index contributed by atoms with van der Waals surface area (Å²) in [4.78, 5) is 12.6. The van der Waals surface area contributed by atoms with Crippen molar-refractivity contribution in [3.8, 4) is 0 Å². The second-order valence-electron chi connectivity index (χ2n) is 5.62. The third-order valence-electron chi connectivity index (χ3n) is 3.60. The molecule has 1 aliphatic heterocycles. The van der Waals surface area contributed by atoms with Crippen molar-refractivity contribution in [2.45, 2.75) is 39.3 Å². The first-order valence-electron chi connectivity index (χ1n) is 6.15. The van der Waals surface area contributed by atoms with Crippen molar-refractivity contribution in [3.05, 3.63) is 0 Å². The number of likely N-dealkylation sites (tertiary alicyclic amines) is 1. The molecule has 6 heteroatoms. The molecule has 1 N–H and O–H groups in total. The Morgan fingerprint density at radius 3 is 2.50 bits per heavy atom. The lowest BCUT2D eigenvalue weighted by Crippen LogP contribution is -2.43. The Bertz CT molecular complexity index is 302. The summed E-state index contributed by atoms with van der Waals surface area (Å²) in [6.45, 7) is 4.23. The van der Waals surface area contributed by atoms with Crippen LogP contribution in [0, 0.1) is 11.3 Å². The van der Waals surface area contributed by atoms with Gasteiger partial charge in [-0.25, -0.2) is 0 Å². The van der Waals surface area contributed by atoms with E-state index in [0.29, 0.717) is 25.9 Å². The first-order chi connectivity index (χ1) is 8.13. The van der Waals surface area contributed by atoms with E-state index in [0.717, 1.165) is 0 Å². The molecule has 1 rings (SSSR count). The molecule has 0 saturated carbocycles. The maximum atomic E-state index is 12.6. The number of carboxylic acid groups (broad SMARTS) is 1. The highest BCUT2D eigenvalue weighted by atomic mass is 19.4. The lowest BCUT2D eigenvalue weighted by molar-refractivity contribution is -0.187. The lowest BCUT2D eigenvalue weighted by atomic mass is 9.88. The topological polar surface area (TPSA) is 40.5 Å². The fraction of sp³-hybridized carbons (Fsp3) is 0.917. The van der Waals surface area contributed by atoms with E-state index in [-0.39, 0.29) is 13.0 Å². The molecule has 0 aromatic carbocycles. The van der Waals surface area contributed by atoms with Crippen molar-refractivity contribution in [2.75, 3.05) is 19.6 Å². The zero-order valence-electron chi connectivity index (χ0n) is 10.8. The maximum Gasteiger partial charge on any atom is 0.393 e. The quantitative estimate of drug-likeness (QED) is 0.851. The van der Waals surface area contributed by atoms with Crippen molar-refractivity contribution in [1.82, 2.24) is 4.90 Å². The zero-order chi connectivity index (χ0) is 14.0. The van der Waals surface area contributed by atoms with Crippen LogP contribution in [0.3, 0.4) is 0 Å². The van der Waals surface area contributed by atoms with Crippen molar-refractivity contribution in [3.63, 3.8) is 0 Å². The van der Waals surface area contributed by atoms with Crippen LogP contribution in [-0.4, -0.2) is 41.8 Å².